The number of aliphatic hydroxyl groups excluding tert-OH is 1. The van der Waals surface area contributed by atoms with Crippen LogP contribution in [0.25, 0.3) is 0 Å². The van der Waals surface area contributed by atoms with E-state index in [1.165, 1.54) is 7.11 Å². The fourth-order valence-corrected chi connectivity index (χ4v) is 10.8. The summed E-state index contributed by atoms with van der Waals surface area (Å²) in [5.74, 6) is 1.03. The number of carbonyl (C=O) groups is 4. The van der Waals surface area contributed by atoms with Crippen LogP contribution in [0, 0.1) is 46.3 Å². The SMILES string of the molecule is CO.COC(=O)CC[C@@H](C)[C@H]1CC[C@H]2[C@@H]3[C@H](NC(=O)OC(C)(C)C)C[C@H]4C[C@H](NC(=O)OC(C)(C)C)CC[C@]4(C)[C@H]3C[C@H](NC(=O)OC(C)(C)C)[C@]12C. The van der Waals surface area contributed by atoms with E-state index in [0.29, 0.717) is 12.8 Å². The largest absolute Gasteiger partial charge is 0.469 e. The number of alkyl carbamates (subject to hydrolysis) is 3. The molecule has 4 saturated carbocycles. The predicted molar refractivity (Wildman–Crippen MR) is 204 cm³/mol. The van der Waals surface area contributed by atoms with Gasteiger partial charge in [-0.2, -0.15) is 0 Å². The number of amides is 3. The van der Waals surface area contributed by atoms with E-state index in [1.54, 1.807) is 0 Å². The van der Waals surface area contributed by atoms with Crippen LogP contribution in [-0.2, 0) is 23.7 Å². The van der Waals surface area contributed by atoms with E-state index in [-0.39, 0.29) is 70.4 Å². The monoisotopic (exact) mass is 752 g/mol. The third kappa shape index (κ3) is 10.9. The normalized spacial score (nSPS) is 34.3. The molecular weight excluding hydrogens is 678 g/mol. The predicted octanol–water partition coefficient (Wildman–Crippen LogP) is 7.74. The molecule has 0 unspecified atom stereocenters. The molecule has 306 valence electrons. The zero-order valence-electron chi connectivity index (χ0n) is 35.3. The Morgan fingerprint density at radius 3 is 1.79 bits per heavy atom. The highest BCUT2D eigenvalue weighted by molar-refractivity contribution is 5.70. The lowest BCUT2D eigenvalue weighted by Gasteiger charge is -2.65. The van der Waals surface area contributed by atoms with Crippen molar-refractivity contribution in [2.24, 2.45) is 46.3 Å². The van der Waals surface area contributed by atoms with Crippen molar-refractivity contribution in [3.63, 3.8) is 0 Å². The second-order valence-corrected chi connectivity index (χ2v) is 19.7. The summed E-state index contributed by atoms with van der Waals surface area (Å²) in [4.78, 5) is 52.2. The van der Waals surface area contributed by atoms with Crippen molar-refractivity contribution in [1.82, 2.24) is 16.0 Å². The van der Waals surface area contributed by atoms with Crippen LogP contribution in [0.3, 0.4) is 0 Å². The number of methoxy groups -OCH3 is 1. The fourth-order valence-electron chi connectivity index (χ4n) is 10.8. The first-order valence-electron chi connectivity index (χ1n) is 19.9. The van der Waals surface area contributed by atoms with Gasteiger partial charge in [-0.05, 0) is 160 Å². The number of hydrogen-bond acceptors (Lipinski definition) is 9. The Bertz CT molecular complexity index is 1290. The molecule has 4 aliphatic rings. The molecule has 0 aromatic rings. The molecule has 0 bridgehead atoms. The first kappa shape index (κ1) is 44.6. The van der Waals surface area contributed by atoms with Gasteiger partial charge in [0.2, 0.25) is 0 Å². The van der Waals surface area contributed by atoms with Crippen LogP contribution in [-0.4, -0.2) is 78.5 Å². The Morgan fingerprint density at radius 1 is 0.736 bits per heavy atom. The first-order chi connectivity index (χ1) is 24.4. The molecule has 0 heterocycles. The standard InChI is InChI=1S/C40H69N3O8.CH4O/c1-23(14-17-31(44)48-13)26-15-16-27-32-28(22-30(40(26,27)12)43-35(47)51-38(8,9)10)39(11)19-18-25(41-33(45)49-36(2,3)4)20-24(39)21-29(32)42-34(46)50-37(5,6)7;1-2/h23-30,32H,14-22H2,1-13H3,(H,41,45)(H,42,46)(H,43,47);2H,1H3/t23-,24-,25-,26-,27+,28+,29-,30+,32+,39+,40-;/m1./s1. The third-order valence-corrected chi connectivity index (χ3v) is 12.8. The van der Waals surface area contributed by atoms with Crippen molar-refractivity contribution in [1.29, 1.82) is 0 Å². The van der Waals surface area contributed by atoms with Gasteiger partial charge >= 0.3 is 24.2 Å². The van der Waals surface area contributed by atoms with Gasteiger partial charge in [-0.1, -0.05) is 20.8 Å². The van der Waals surface area contributed by atoms with Crippen LogP contribution >= 0.6 is 0 Å². The van der Waals surface area contributed by atoms with E-state index < -0.39 is 35.1 Å². The summed E-state index contributed by atoms with van der Waals surface area (Å²) in [5, 5.41) is 16.9. The van der Waals surface area contributed by atoms with Crippen LogP contribution < -0.4 is 16.0 Å². The minimum absolute atomic E-state index is 0.0345. The van der Waals surface area contributed by atoms with Gasteiger partial charge in [-0.3, -0.25) is 4.79 Å². The van der Waals surface area contributed by atoms with Crippen molar-refractivity contribution in [3.8, 4) is 0 Å². The fraction of sp³-hybridized carbons (Fsp3) is 0.902. The molecule has 0 saturated heterocycles. The zero-order chi connectivity index (χ0) is 40.3. The van der Waals surface area contributed by atoms with Crippen molar-refractivity contribution >= 4 is 24.2 Å². The Morgan fingerprint density at radius 2 is 1.26 bits per heavy atom. The molecule has 3 amide bonds. The molecule has 12 heteroatoms. The molecule has 4 rings (SSSR count). The summed E-state index contributed by atoms with van der Waals surface area (Å²) in [6.45, 7) is 23.8. The molecule has 53 heavy (non-hydrogen) atoms. The molecule has 4 fully saturated rings. The molecule has 0 radical (unpaired) electrons. The number of esters is 1. The molecule has 0 aromatic heterocycles. The van der Waals surface area contributed by atoms with E-state index in [2.05, 4.69) is 36.7 Å². The molecule has 0 aliphatic heterocycles. The van der Waals surface area contributed by atoms with E-state index in [0.717, 1.165) is 52.1 Å². The summed E-state index contributed by atoms with van der Waals surface area (Å²) in [5.41, 5.74) is -2.26. The van der Waals surface area contributed by atoms with Gasteiger partial charge in [-0.25, -0.2) is 14.4 Å². The number of carbonyl (C=O) groups excluding carboxylic acids is 4. The number of fused-ring (bicyclic) bond motifs is 5. The van der Waals surface area contributed by atoms with E-state index >= 15 is 0 Å². The van der Waals surface area contributed by atoms with E-state index in [4.69, 9.17) is 24.1 Å². The summed E-state index contributed by atoms with van der Waals surface area (Å²) in [6.07, 6.45) is 5.84. The Labute approximate surface area is 319 Å². The molecule has 0 aromatic carbocycles. The average Bonchev–Trinajstić information content (AvgIpc) is 3.37. The zero-order valence-corrected chi connectivity index (χ0v) is 35.3. The lowest BCUT2D eigenvalue weighted by molar-refractivity contribution is -0.145. The average molecular weight is 752 g/mol. The summed E-state index contributed by atoms with van der Waals surface area (Å²) in [7, 11) is 2.43. The topological polar surface area (TPSA) is 162 Å². The van der Waals surface area contributed by atoms with Gasteiger partial charge in [0.15, 0.2) is 0 Å². The third-order valence-electron chi connectivity index (χ3n) is 12.8. The first-order valence-corrected chi connectivity index (χ1v) is 19.9. The number of nitrogens with one attached hydrogen (secondary N) is 3. The van der Waals surface area contributed by atoms with Crippen molar-refractivity contribution in [2.75, 3.05) is 14.2 Å². The number of aliphatic hydroxyl groups is 1. The van der Waals surface area contributed by atoms with Crippen LogP contribution in [0.1, 0.15) is 141 Å². The molecule has 4 aliphatic carbocycles. The van der Waals surface area contributed by atoms with Gasteiger partial charge in [0, 0.05) is 31.7 Å². The molecule has 4 N–H and O–H groups in total. The molecular formula is C41H73N3O9. The second kappa shape index (κ2) is 16.9. The Kier molecular flexibility index (Phi) is 14.3. The van der Waals surface area contributed by atoms with Gasteiger partial charge in [0.05, 0.1) is 7.11 Å². The lowest BCUT2D eigenvalue weighted by atomic mass is 9.42. The maximum atomic E-state index is 13.6. The van der Waals surface area contributed by atoms with Crippen LogP contribution in [0.4, 0.5) is 14.4 Å². The van der Waals surface area contributed by atoms with Crippen molar-refractivity contribution in [2.45, 2.75) is 176 Å². The maximum Gasteiger partial charge on any atom is 0.407 e. The quantitative estimate of drug-likeness (QED) is 0.151. The second-order valence-electron chi connectivity index (χ2n) is 19.7. The maximum absolute atomic E-state index is 13.6. The lowest BCUT2D eigenvalue weighted by Crippen LogP contribution is -2.68. The van der Waals surface area contributed by atoms with Gasteiger partial charge in [0.25, 0.3) is 0 Å². The number of hydrogen-bond donors (Lipinski definition) is 4. The Balaban J connectivity index is 0.00000372. The molecule has 12 nitrogen and oxygen atoms in total. The van der Waals surface area contributed by atoms with Crippen molar-refractivity contribution in [3.05, 3.63) is 0 Å². The van der Waals surface area contributed by atoms with Crippen LogP contribution in [0.15, 0.2) is 0 Å². The van der Waals surface area contributed by atoms with Gasteiger partial charge < -0.3 is 40.0 Å². The molecule has 0 spiro atoms. The minimum atomic E-state index is -0.645. The summed E-state index contributed by atoms with van der Waals surface area (Å²) >= 11 is 0. The van der Waals surface area contributed by atoms with Gasteiger partial charge in [0.1, 0.15) is 16.8 Å². The highest BCUT2D eigenvalue weighted by Gasteiger charge is 2.66. The molecule has 11 atom stereocenters. The summed E-state index contributed by atoms with van der Waals surface area (Å²) < 4.78 is 22.3. The highest BCUT2D eigenvalue weighted by atomic mass is 16.6. The number of rotatable bonds is 7. The Hall–Kier alpha value is -2.76. The smallest absolute Gasteiger partial charge is 0.407 e. The number of ether oxygens (including phenoxy) is 4. The minimum Gasteiger partial charge on any atom is -0.469 e. The van der Waals surface area contributed by atoms with Crippen LogP contribution in [0.5, 0.6) is 0 Å². The van der Waals surface area contributed by atoms with E-state index in [9.17, 15) is 19.2 Å². The summed E-state index contributed by atoms with van der Waals surface area (Å²) in [6, 6.07) is -0.339. The highest BCUT2D eigenvalue weighted by Crippen LogP contribution is 2.68. The van der Waals surface area contributed by atoms with Crippen molar-refractivity contribution < 1.29 is 43.2 Å². The van der Waals surface area contributed by atoms with E-state index in [1.807, 2.05) is 62.3 Å². The van der Waals surface area contributed by atoms with Crippen LogP contribution in [0.2, 0.25) is 0 Å². The van der Waals surface area contributed by atoms with Gasteiger partial charge in [-0.15, -0.1) is 0 Å².